The molecule has 0 amide bonds. The van der Waals surface area contributed by atoms with Crippen LogP contribution in [0.25, 0.3) is 0 Å². The van der Waals surface area contributed by atoms with Crippen molar-refractivity contribution in [2.45, 2.75) is 94.3 Å². The zero-order valence-corrected chi connectivity index (χ0v) is 44.0. The van der Waals surface area contributed by atoms with Crippen LogP contribution in [0.3, 0.4) is 0 Å². The van der Waals surface area contributed by atoms with Crippen LogP contribution in [0, 0.1) is 0 Å². The van der Waals surface area contributed by atoms with Crippen molar-refractivity contribution in [1.82, 2.24) is 40.0 Å². The van der Waals surface area contributed by atoms with Crippen LogP contribution >= 0.6 is 0 Å². The van der Waals surface area contributed by atoms with E-state index in [-0.39, 0.29) is 68.2 Å². The molecule has 4 fully saturated rings. The first-order chi connectivity index (χ1) is 36.6. The highest BCUT2D eigenvalue weighted by molar-refractivity contribution is 5.82. The molecular weight excluding hydrogens is 1060 g/mol. The third-order valence-electron chi connectivity index (χ3n) is 12.6. The quantitative estimate of drug-likeness (QED) is 0.0346. The first-order valence-corrected chi connectivity index (χ1v) is 26.0. The number of carbonyl (C=O) groups excluding carboxylic acids is 10. The molecule has 2 unspecified atom stereocenters. The predicted octanol–water partition coefficient (Wildman–Crippen LogP) is -0.959. The summed E-state index contributed by atoms with van der Waals surface area (Å²) in [7, 11) is 0. The van der Waals surface area contributed by atoms with Gasteiger partial charge in [-0.3, -0.25) is 28.8 Å². The Kier molecular flexibility index (Phi) is 40.1. The number of carbonyl (C=O) groups is 10. The maximum Gasteiger partial charge on any atom is 0.347 e. The van der Waals surface area contributed by atoms with Crippen molar-refractivity contribution < 1.29 is 95.3 Å². The molecule has 0 aromatic carbocycles. The molecule has 0 aromatic rings. The van der Waals surface area contributed by atoms with E-state index >= 15 is 0 Å². The number of rotatable bonds is 33. The molecule has 0 radical (unpaired) electrons. The average Bonchev–Trinajstić information content (AvgIpc) is 3.42. The van der Waals surface area contributed by atoms with E-state index in [0.717, 1.165) is 52.4 Å². The minimum Gasteiger partial charge on any atom is -0.460 e. The minimum atomic E-state index is -1.30. The fourth-order valence-electron chi connectivity index (χ4n) is 7.95. The molecule has 4 saturated heterocycles. The number of nitrogens with one attached hydrogen (secondary N) is 2. The van der Waals surface area contributed by atoms with Gasteiger partial charge in [0.25, 0.3) is 0 Å². The molecule has 0 aliphatic carbocycles. The van der Waals surface area contributed by atoms with Crippen molar-refractivity contribution in [3.8, 4) is 0 Å². The monoisotopic (exact) mass is 1150 g/mol. The third-order valence-corrected chi connectivity index (χ3v) is 12.6. The molecule has 0 aromatic heterocycles. The van der Waals surface area contributed by atoms with Crippen LogP contribution in [0.2, 0.25) is 0 Å². The third kappa shape index (κ3) is 33.2. The summed E-state index contributed by atoms with van der Waals surface area (Å²) in [5.41, 5.74) is 0. The number of esters is 10. The largest absolute Gasteiger partial charge is 0.460 e. The second-order valence-corrected chi connectivity index (χ2v) is 18.3. The lowest BCUT2D eigenvalue weighted by Crippen LogP contribution is -2.47. The second kappa shape index (κ2) is 43.2. The molecule has 4 heterocycles. The Hall–Kier alpha value is -5.62. The Balaban J connectivity index is 0.0000156. The predicted molar refractivity (Wildman–Crippen MR) is 288 cm³/mol. The summed E-state index contributed by atoms with van der Waals surface area (Å²) in [5.74, 6) is -6.95. The topological polar surface area (TPSA) is 306 Å². The van der Waals surface area contributed by atoms with E-state index < -0.39 is 112 Å². The van der Waals surface area contributed by atoms with Gasteiger partial charge in [0.15, 0.2) is 25.4 Å². The lowest BCUT2D eigenvalue weighted by molar-refractivity contribution is -0.173. The van der Waals surface area contributed by atoms with Crippen LogP contribution in [-0.2, 0) is 95.3 Å². The van der Waals surface area contributed by atoms with Crippen molar-refractivity contribution in [2.75, 3.05) is 184 Å². The summed E-state index contributed by atoms with van der Waals surface area (Å²) in [4.78, 5) is 134. The molecule has 4 rings (SSSR count). The van der Waals surface area contributed by atoms with Gasteiger partial charge >= 0.3 is 59.7 Å². The van der Waals surface area contributed by atoms with Crippen LogP contribution in [0.1, 0.15) is 82.1 Å². The van der Waals surface area contributed by atoms with Gasteiger partial charge in [0.1, 0.15) is 13.2 Å². The Morgan fingerprint density at radius 3 is 0.825 bits per heavy atom. The molecular formula is C52H94N8O20. The molecule has 4 aliphatic rings. The molecule has 0 saturated carbocycles. The fraction of sp³-hybridized carbons (Fsp3) is 0.808. The van der Waals surface area contributed by atoms with Crippen LogP contribution in [0.5, 0.6) is 0 Å². The SMILES string of the molecule is C.C.C.C.CC(OC(=O)CCN1CCN(CCC(=O)OCOC(=O)CCN2CCNCC2)CC1)C(=O)OCC(=O)OCCOC(=O)COC(=O)C(C)OC(=O)CCN1CCN(CCC(=O)OCOC(=O)CCN2CCNCC2)CC1. The summed E-state index contributed by atoms with van der Waals surface area (Å²) < 4.78 is 49.9. The number of piperazine rings is 4. The standard InChI is InChI=1S/C48H78N8O20.4CH4/c1-37(75-43(61)7-17-55-27-23-53(24-28-55)15-5-41(59)73-35-71-39(57)3-13-51-19-9-49-10-20-51)47(65)69-33-45(63)67-31-32-68-46(64)34-70-48(66)38(2)76-44(62)8-18-56-29-25-54(26-30-56)16-6-42(60)74-36-72-40(58)4-14-52-21-11-50-12-22-52;;;;/h37-38,49-50H,3-36H2,1-2H3;4*1H4. The second-order valence-electron chi connectivity index (χ2n) is 18.3. The maximum absolute atomic E-state index is 12.4. The number of hydrogen-bond donors (Lipinski definition) is 2. The van der Waals surface area contributed by atoms with Crippen molar-refractivity contribution in [3.63, 3.8) is 0 Å². The Morgan fingerprint density at radius 2 is 0.562 bits per heavy atom. The Labute approximate surface area is 472 Å². The highest BCUT2D eigenvalue weighted by Gasteiger charge is 2.26. The molecule has 2 N–H and O–H groups in total. The maximum atomic E-state index is 12.4. The molecule has 80 heavy (non-hydrogen) atoms. The van der Waals surface area contributed by atoms with Crippen molar-refractivity contribution in [2.24, 2.45) is 0 Å². The van der Waals surface area contributed by atoms with E-state index in [9.17, 15) is 47.9 Å². The van der Waals surface area contributed by atoms with Crippen LogP contribution in [0.4, 0.5) is 0 Å². The van der Waals surface area contributed by atoms with Gasteiger partial charge < -0.3 is 87.4 Å². The first-order valence-electron chi connectivity index (χ1n) is 26.0. The highest BCUT2D eigenvalue weighted by Crippen LogP contribution is 2.09. The van der Waals surface area contributed by atoms with Crippen molar-refractivity contribution in [3.05, 3.63) is 0 Å². The van der Waals surface area contributed by atoms with E-state index in [4.69, 9.17) is 47.4 Å². The molecule has 0 bridgehead atoms. The van der Waals surface area contributed by atoms with Crippen LogP contribution in [0.15, 0.2) is 0 Å². The van der Waals surface area contributed by atoms with Gasteiger partial charge in [-0.05, 0) is 13.8 Å². The molecule has 0 spiro atoms. The molecule has 4 aliphatic heterocycles. The minimum absolute atomic E-state index is 0. The van der Waals surface area contributed by atoms with Gasteiger partial charge in [-0.25, -0.2) is 19.2 Å². The fourth-order valence-corrected chi connectivity index (χ4v) is 7.95. The van der Waals surface area contributed by atoms with E-state index in [2.05, 4.69) is 30.2 Å². The average molecular weight is 1150 g/mol. The van der Waals surface area contributed by atoms with Crippen LogP contribution in [-0.4, -0.2) is 285 Å². The van der Waals surface area contributed by atoms with Crippen molar-refractivity contribution >= 4 is 59.7 Å². The lowest BCUT2D eigenvalue weighted by atomic mass is 10.2. The van der Waals surface area contributed by atoms with Gasteiger partial charge in [-0.1, -0.05) is 29.7 Å². The molecule has 28 nitrogen and oxygen atoms in total. The van der Waals surface area contributed by atoms with E-state index in [1.165, 1.54) is 13.8 Å². The summed E-state index contributed by atoms with van der Waals surface area (Å²) in [6.45, 7) is 14.4. The number of ether oxygens (including phenoxy) is 10. The Morgan fingerprint density at radius 1 is 0.325 bits per heavy atom. The van der Waals surface area contributed by atoms with Crippen LogP contribution < -0.4 is 10.6 Å². The summed E-state index contributed by atoms with van der Waals surface area (Å²) in [6.07, 6.45) is -1.88. The van der Waals surface area contributed by atoms with Gasteiger partial charge in [-0.15, -0.1) is 0 Å². The number of nitrogens with zero attached hydrogens (tertiary/aromatic N) is 6. The summed E-state index contributed by atoms with van der Waals surface area (Å²) in [6, 6.07) is 0. The molecule has 28 heteroatoms. The Bertz CT molecular complexity index is 1730. The first kappa shape index (κ1) is 74.4. The zero-order valence-electron chi connectivity index (χ0n) is 44.0. The molecule has 462 valence electrons. The lowest BCUT2D eigenvalue weighted by Gasteiger charge is -2.34. The van der Waals surface area contributed by atoms with Gasteiger partial charge in [0, 0.05) is 144 Å². The smallest absolute Gasteiger partial charge is 0.347 e. The normalized spacial score (nSPS) is 17.1. The summed E-state index contributed by atoms with van der Waals surface area (Å²) >= 11 is 0. The van der Waals surface area contributed by atoms with Gasteiger partial charge in [-0.2, -0.15) is 0 Å². The van der Waals surface area contributed by atoms with E-state index in [1.807, 2.05) is 9.80 Å². The zero-order chi connectivity index (χ0) is 54.9. The summed E-state index contributed by atoms with van der Waals surface area (Å²) in [5, 5.41) is 6.49. The molecule has 2 atom stereocenters. The van der Waals surface area contributed by atoms with Crippen molar-refractivity contribution in [1.29, 1.82) is 0 Å². The number of hydrogen-bond acceptors (Lipinski definition) is 28. The van der Waals surface area contributed by atoms with Gasteiger partial charge in [0.2, 0.25) is 13.6 Å². The van der Waals surface area contributed by atoms with E-state index in [0.29, 0.717) is 91.6 Å². The van der Waals surface area contributed by atoms with E-state index in [1.54, 1.807) is 0 Å². The van der Waals surface area contributed by atoms with Gasteiger partial charge in [0.05, 0.1) is 38.5 Å². The highest BCUT2D eigenvalue weighted by atomic mass is 16.7.